The standard InChI is InChI=1S/C23H25NO2/c1-2-25-23-15-21(17-24-16-19-9-5-3-6-10-19)13-14-22(23)26-18-20-11-7-4-8-12-20/h3-15,24H,2,16-18H2,1H3. The lowest BCUT2D eigenvalue weighted by Gasteiger charge is -2.14. The molecule has 0 unspecified atom stereocenters. The van der Waals surface area contributed by atoms with Gasteiger partial charge in [-0.2, -0.15) is 0 Å². The first-order valence-corrected chi connectivity index (χ1v) is 9.02. The number of hydrogen-bond acceptors (Lipinski definition) is 3. The van der Waals surface area contributed by atoms with Crippen LogP contribution in [0, 0.1) is 0 Å². The van der Waals surface area contributed by atoms with E-state index in [9.17, 15) is 0 Å². The predicted octanol–water partition coefficient (Wildman–Crippen LogP) is 4.95. The fourth-order valence-corrected chi connectivity index (χ4v) is 2.73. The summed E-state index contributed by atoms with van der Waals surface area (Å²) in [5.41, 5.74) is 3.60. The second-order valence-corrected chi connectivity index (χ2v) is 6.08. The van der Waals surface area contributed by atoms with Crippen LogP contribution in [0.25, 0.3) is 0 Å². The minimum Gasteiger partial charge on any atom is -0.490 e. The van der Waals surface area contributed by atoms with Gasteiger partial charge in [0.25, 0.3) is 0 Å². The highest BCUT2D eigenvalue weighted by atomic mass is 16.5. The van der Waals surface area contributed by atoms with Crippen LogP contribution in [0.2, 0.25) is 0 Å². The van der Waals surface area contributed by atoms with E-state index in [2.05, 4.69) is 53.8 Å². The van der Waals surface area contributed by atoms with Crippen LogP contribution in [-0.4, -0.2) is 6.61 Å². The second-order valence-electron chi connectivity index (χ2n) is 6.08. The Morgan fingerprint density at radius 2 is 1.31 bits per heavy atom. The third kappa shape index (κ3) is 5.36. The summed E-state index contributed by atoms with van der Waals surface area (Å²) >= 11 is 0. The van der Waals surface area contributed by atoms with E-state index in [1.165, 1.54) is 11.1 Å². The van der Waals surface area contributed by atoms with Crippen molar-refractivity contribution < 1.29 is 9.47 Å². The molecule has 0 aliphatic heterocycles. The highest BCUT2D eigenvalue weighted by Gasteiger charge is 2.07. The molecule has 0 radical (unpaired) electrons. The molecule has 0 bridgehead atoms. The van der Waals surface area contributed by atoms with E-state index in [1.54, 1.807) is 0 Å². The average Bonchev–Trinajstić information content (AvgIpc) is 2.69. The molecule has 0 saturated carbocycles. The first-order valence-electron chi connectivity index (χ1n) is 9.02. The number of hydrogen-bond donors (Lipinski definition) is 1. The molecule has 0 atom stereocenters. The minimum atomic E-state index is 0.534. The van der Waals surface area contributed by atoms with Gasteiger partial charge in [0.2, 0.25) is 0 Å². The zero-order valence-electron chi connectivity index (χ0n) is 15.2. The van der Waals surface area contributed by atoms with Crippen LogP contribution in [0.5, 0.6) is 11.5 Å². The van der Waals surface area contributed by atoms with Crippen molar-refractivity contribution in [3.8, 4) is 11.5 Å². The SMILES string of the molecule is CCOc1cc(CNCc2ccccc2)ccc1OCc1ccccc1. The molecule has 134 valence electrons. The molecule has 0 spiro atoms. The zero-order valence-corrected chi connectivity index (χ0v) is 15.2. The Bertz CT molecular complexity index is 788. The van der Waals surface area contributed by atoms with E-state index >= 15 is 0 Å². The Balaban J connectivity index is 1.60. The second kappa shape index (κ2) is 9.64. The van der Waals surface area contributed by atoms with Gasteiger partial charge in [-0.05, 0) is 35.7 Å². The van der Waals surface area contributed by atoms with Crippen LogP contribution < -0.4 is 14.8 Å². The highest BCUT2D eigenvalue weighted by molar-refractivity contribution is 5.43. The van der Waals surface area contributed by atoms with Gasteiger partial charge in [0.15, 0.2) is 11.5 Å². The molecule has 3 aromatic rings. The van der Waals surface area contributed by atoms with Crippen LogP contribution in [0.15, 0.2) is 78.9 Å². The van der Waals surface area contributed by atoms with Crippen molar-refractivity contribution in [3.63, 3.8) is 0 Å². The Labute approximate surface area is 155 Å². The third-order valence-electron chi connectivity index (χ3n) is 4.05. The van der Waals surface area contributed by atoms with Crippen LogP contribution in [0.4, 0.5) is 0 Å². The fraction of sp³-hybridized carbons (Fsp3) is 0.217. The molecule has 1 N–H and O–H groups in total. The maximum absolute atomic E-state index is 5.96. The molecule has 0 aromatic heterocycles. The molecule has 3 rings (SSSR count). The van der Waals surface area contributed by atoms with Gasteiger partial charge in [-0.15, -0.1) is 0 Å². The number of rotatable bonds is 9. The van der Waals surface area contributed by atoms with Crippen LogP contribution in [-0.2, 0) is 19.7 Å². The van der Waals surface area contributed by atoms with Gasteiger partial charge in [0.05, 0.1) is 6.61 Å². The Morgan fingerprint density at radius 1 is 0.654 bits per heavy atom. The van der Waals surface area contributed by atoms with Crippen molar-refractivity contribution in [2.75, 3.05) is 6.61 Å². The van der Waals surface area contributed by atoms with Gasteiger partial charge in [-0.1, -0.05) is 66.7 Å². The van der Waals surface area contributed by atoms with Crippen molar-refractivity contribution in [2.45, 2.75) is 26.6 Å². The Morgan fingerprint density at radius 3 is 2.00 bits per heavy atom. The van der Waals surface area contributed by atoms with Gasteiger partial charge in [0.1, 0.15) is 6.61 Å². The molecule has 0 amide bonds. The summed E-state index contributed by atoms with van der Waals surface area (Å²) in [6.07, 6.45) is 0. The first kappa shape index (κ1) is 18.0. The van der Waals surface area contributed by atoms with E-state index in [-0.39, 0.29) is 0 Å². The average molecular weight is 347 g/mol. The largest absolute Gasteiger partial charge is 0.490 e. The van der Waals surface area contributed by atoms with Gasteiger partial charge >= 0.3 is 0 Å². The lowest BCUT2D eigenvalue weighted by atomic mass is 10.2. The summed E-state index contributed by atoms with van der Waals surface area (Å²) < 4.78 is 11.7. The van der Waals surface area contributed by atoms with E-state index < -0.39 is 0 Å². The molecular formula is C23H25NO2. The lowest BCUT2D eigenvalue weighted by Crippen LogP contribution is -2.12. The van der Waals surface area contributed by atoms with Crippen molar-refractivity contribution in [1.82, 2.24) is 5.32 Å². The van der Waals surface area contributed by atoms with E-state index in [0.29, 0.717) is 13.2 Å². The first-order chi connectivity index (χ1) is 12.8. The van der Waals surface area contributed by atoms with Gasteiger partial charge in [0, 0.05) is 13.1 Å². The summed E-state index contributed by atoms with van der Waals surface area (Å²) in [4.78, 5) is 0. The third-order valence-corrected chi connectivity index (χ3v) is 4.05. The zero-order chi connectivity index (χ0) is 18.0. The maximum Gasteiger partial charge on any atom is 0.161 e. The fourth-order valence-electron chi connectivity index (χ4n) is 2.73. The number of benzene rings is 3. The van der Waals surface area contributed by atoms with Crippen molar-refractivity contribution >= 4 is 0 Å². The molecular weight excluding hydrogens is 322 g/mol. The van der Waals surface area contributed by atoms with E-state index in [4.69, 9.17) is 9.47 Å². The summed E-state index contributed by atoms with van der Waals surface area (Å²) in [6, 6.07) is 26.7. The van der Waals surface area contributed by atoms with Crippen molar-refractivity contribution in [1.29, 1.82) is 0 Å². The monoisotopic (exact) mass is 347 g/mol. The molecule has 3 aromatic carbocycles. The summed E-state index contributed by atoms with van der Waals surface area (Å²) in [6.45, 7) is 4.77. The topological polar surface area (TPSA) is 30.5 Å². The summed E-state index contributed by atoms with van der Waals surface area (Å²) in [5.74, 6) is 1.57. The number of nitrogens with one attached hydrogen (secondary N) is 1. The quantitative estimate of drug-likeness (QED) is 0.594. The van der Waals surface area contributed by atoms with Crippen molar-refractivity contribution in [3.05, 3.63) is 95.6 Å². The summed E-state index contributed by atoms with van der Waals surface area (Å²) in [7, 11) is 0. The Hall–Kier alpha value is -2.78. The molecule has 0 heterocycles. The molecule has 0 fully saturated rings. The van der Waals surface area contributed by atoms with Crippen LogP contribution in [0.3, 0.4) is 0 Å². The molecule has 0 aliphatic carbocycles. The normalized spacial score (nSPS) is 10.5. The van der Waals surface area contributed by atoms with Gasteiger partial charge in [-0.3, -0.25) is 0 Å². The molecule has 3 nitrogen and oxygen atoms in total. The summed E-state index contributed by atoms with van der Waals surface area (Å²) in [5, 5.41) is 3.47. The molecule has 0 aliphatic rings. The smallest absolute Gasteiger partial charge is 0.161 e. The minimum absolute atomic E-state index is 0.534. The van der Waals surface area contributed by atoms with E-state index in [1.807, 2.05) is 37.3 Å². The highest BCUT2D eigenvalue weighted by Crippen LogP contribution is 2.29. The molecule has 3 heteroatoms. The van der Waals surface area contributed by atoms with E-state index in [0.717, 1.165) is 30.2 Å². The van der Waals surface area contributed by atoms with Gasteiger partial charge < -0.3 is 14.8 Å². The van der Waals surface area contributed by atoms with Crippen LogP contribution >= 0.6 is 0 Å². The van der Waals surface area contributed by atoms with Crippen LogP contribution in [0.1, 0.15) is 23.6 Å². The predicted molar refractivity (Wildman–Crippen MR) is 105 cm³/mol. The lowest BCUT2D eigenvalue weighted by molar-refractivity contribution is 0.269. The molecule has 26 heavy (non-hydrogen) atoms. The van der Waals surface area contributed by atoms with Crippen molar-refractivity contribution in [2.24, 2.45) is 0 Å². The Kier molecular flexibility index (Phi) is 6.68. The molecule has 0 saturated heterocycles. The maximum atomic E-state index is 5.96. The van der Waals surface area contributed by atoms with Gasteiger partial charge in [-0.25, -0.2) is 0 Å². The number of ether oxygens (including phenoxy) is 2.